The first-order valence-corrected chi connectivity index (χ1v) is 9.80. The molecule has 2 aromatic carbocycles. The smallest absolute Gasteiger partial charge is 0.328 e. The van der Waals surface area contributed by atoms with Crippen LogP contribution < -0.4 is 16.6 Å². The third-order valence-electron chi connectivity index (χ3n) is 5.06. The van der Waals surface area contributed by atoms with E-state index < -0.39 is 5.69 Å². The Morgan fingerprint density at radius 2 is 2.03 bits per heavy atom. The van der Waals surface area contributed by atoms with Crippen LogP contribution in [-0.2, 0) is 17.9 Å². The fourth-order valence-corrected chi connectivity index (χ4v) is 3.25. The number of benzene rings is 2. The number of anilines is 1. The minimum atomic E-state index is -0.485. The Bertz CT molecular complexity index is 1170. The molecular formula is C22H23N3O4. The molecule has 29 heavy (non-hydrogen) atoms. The van der Waals surface area contributed by atoms with Crippen LogP contribution in [0, 0.1) is 5.92 Å². The van der Waals surface area contributed by atoms with Crippen molar-refractivity contribution in [2.24, 2.45) is 5.92 Å². The maximum Gasteiger partial charge on any atom is 0.328 e. The Kier molecular flexibility index (Phi) is 5.31. The Labute approximate surface area is 167 Å². The number of aromatic nitrogens is 2. The van der Waals surface area contributed by atoms with Crippen LogP contribution in [-0.4, -0.2) is 22.1 Å². The highest BCUT2D eigenvalue weighted by Gasteiger charge is 2.21. The second-order valence-corrected chi connectivity index (χ2v) is 7.35. The molecule has 150 valence electrons. The number of rotatable bonds is 7. The van der Waals surface area contributed by atoms with Crippen molar-refractivity contribution in [2.45, 2.75) is 32.9 Å². The predicted octanol–water partition coefficient (Wildman–Crippen LogP) is 2.89. The number of amides is 1. The molecule has 1 aromatic heterocycles. The topological polar surface area (TPSA) is 93.2 Å². The lowest BCUT2D eigenvalue weighted by Crippen LogP contribution is -2.34. The summed E-state index contributed by atoms with van der Waals surface area (Å²) in [4.78, 5) is 39.7. The molecule has 1 aliphatic rings. The van der Waals surface area contributed by atoms with E-state index in [1.807, 2.05) is 24.3 Å². The average molecular weight is 393 g/mol. The normalized spacial score (nSPS) is 13.6. The summed E-state index contributed by atoms with van der Waals surface area (Å²) in [6.07, 6.45) is 2.50. The van der Waals surface area contributed by atoms with E-state index in [9.17, 15) is 14.4 Å². The monoisotopic (exact) mass is 393 g/mol. The molecule has 7 heteroatoms. The minimum absolute atomic E-state index is 0.285. The van der Waals surface area contributed by atoms with Crippen LogP contribution in [0.4, 0.5) is 5.69 Å². The lowest BCUT2D eigenvalue weighted by molar-refractivity contribution is 0.102. The van der Waals surface area contributed by atoms with Gasteiger partial charge in [0.2, 0.25) is 0 Å². The van der Waals surface area contributed by atoms with Gasteiger partial charge in [0.25, 0.3) is 11.5 Å². The van der Waals surface area contributed by atoms with E-state index in [-0.39, 0.29) is 18.0 Å². The molecule has 1 saturated carbocycles. The van der Waals surface area contributed by atoms with Gasteiger partial charge in [-0.05, 0) is 61.6 Å². The van der Waals surface area contributed by atoms with Crippen LogP contribution in [0.3, 0.4) is 0 Å². The van der Waals surface area contributed by atoms with Gasteiger partial charge in [-0.15, -0.1) is 0 Å². The van der Waals surface area contributed by atoms with E-state index in [2.05, 4.69) is 10.3 Å². The van der Waals surface area contributed by atoms with Gasteiger partial charge < -0.3 is 15.0 Å². The first kappa shape index (κ1) is 19.1. The summed E-state index contributed by atoms with van der Waals surface area (Å²) in [6, 6.07) is 12.2. The average Bonchev–Trinajstić information content (AvgIpc) is 3.52. The third kappa shape index (κ3) is 4.30. The van der Waals surface area contributed by atoms with Crippen LogP contribution >= 0.6 is 0 Å². The Morgan fingerprint density at radius 3 is 2.79 bits per heavy atom. The largest absolute Gasteiger partial charge is 0.376 e. The van der Waals surface area contributed by atoms with Gasteiger partial charge in [0, 0.05) is 24.4 Å². The summed E-state index contributed by atoms with van der Waals surface area (Å²) >= 11 is 0. The fraction of sp³-hybridized carbons (Fsp3) is 0.318. The van der Waals surface area contributed by atoms with E-state index in [4.69, 9.17) is 4.74 Å². The molecule has 0 aliphatic heterocycles. The first-order valence-electron chi connectivity index (χ1n) is 9.80. The van der Waals surface area contributed by atoms with Gasteiger partial charge in [-0.25, -0.2) is 4.79 Å². The second kappa shape index (κ2) is 8.05. The van der Waals surface area contributed by atoms with Crippen molar-refractivity contribution in [3.63, 3.8) is 0 Å². The lowest BCUT2D eigenvalue weighted by Gasteiger charge is -2.09. The highest BCUT2D eigenvalue weighted by molar-refractivity contribution is 6.06. The number of H-pyrrole nitrogens is 1. The molecule has 0 unspecified atom stereocenters. The molecule has 0 saturated heterocycles. The summed E-state index contributed by atoms with van der Waals surface area (Å²) in [6.45, 7) is 3.31. The minimum Gasteiger partial charge on any atom is -0.376 e. The van der Waals surface area contributed by atoms with Crippen molar-refractivity contribution in [3.05, 3.63) is 74.4 Å². The Hall–Kier alpha value is -3.19. The second-order valence-electron chi connectivity index (χ2n) is 7.35. The number of aromatic amines is 1. The summed E-state index contributed by atoms with van der Waals surface area (Å²) in [7, 11) is 0. The van der Waals surface area contributed by atoms with Crippen LogP contribution in [0.5, 0.6) is 0 Å². The van der Waals surface area contributed by atoms with E-state index in [0.717, 1.165) is 16.7 Å². The van der Waals surface area contributed by atoms with Crippen molar-refractivity contribution in [3.8, 4) is 0 Å². The number of ether oxygens (including phenoxy) is 1. The predicted molar refractivity (Wildman–Crippen MR) is 111 cm³/mol. The molecule has 2 N–H and O–H groups in total. The van der Waals surface area contributed by atoms with Crippen LogP contribution in [0.15, 0.2) is 52.1 Å². The summed E-state index contributed by atoms with van der Waals surface area (Å²) in [5.74, 6) is 0.391. The maximum atomic E-state index is 12.7. The van der Waals surface area contributed by atoms with Gasteiger partial charge in [-0.3, -0.25) is 14.2 Å². The molecule has 7 nitrogen and oxygen atoms in total. The number of hydrogen-bond donors (Lipinski definition) is 2. The highest BCUT2D eigenvalue weighted by atomic mass is 16.5. The van der Waals surface area contributed by atoms with Gasteiger partial charge in [0.15, 0.2) is 0 Å². The Morgan fingerprint density at radius 1 is 1.21 bits per heavy atom. The zero-order chi connectivity index (χ0) is 20.4. The van der Waals surface area contributed by atoms with E-state index >= 15 is 0 Å². The number of nitrogens with zero attached hydrogens (tertiary/aromatic N) is 1. The van der Waals surface area contributed by atoms with Gasteiger partial charge in [-0.2, -0.15) is 0 Å². The molecule has 4 rings (SSSR count). The highest BCUT2D eigenvalue weighted by Crippen LogP contribution is 2.29. The van der Waals surface area contributed by atoms with Crippen molar-refractivity contribution in [1.82, 2.24) is 9.55 Å². The molecule has 1 fully saturated rings. The van der Waals surface area contributed by atoms with Gasteiger partial charge in [-0.1, -0.05) is 12.1 Å². The molecule has 0 bridgehead atoms. The quantitative estimate of drug-likeness (QED) is 0.645. The SMILES string of the molecule is CCn1c(=O)[nH]c2cc(C(=O)Nc3cccc(COCC4CC4)c3)ccc2c1=O. The summed E-state index contributed by atoms with van der Waals surface area (Å²) < 4.78 is 6.82. The van der Waals surface area contributed by atoms with Crippen LogP contribution in [0.25, 0.3) is 10.9 Å². The van der Waals surface area contributed by atoms with Gasteiger partial charge in [0.1, 0.15) is 0 Å². The summed E-state index contributed by atoms with van der Waals surface area (Å²) in [5.41, 5.74) is 1.51. The van der Waals surface area contributed by atoms with Crippen molar-refractivity contribution >= 4 is 22.5 Å². The molecule has 1 heterocycles. The zero-order valence-corrected chi connectivity index (χ0v) is 16.2. The van der Waals surface area contributed by atoms with Crippen molar-refractivity contribution in [1.29, 1.82) is 0 Å². The van der Waals surface area contributed by atoms with Crippen molar-refractivity contribution in [2.75, 3.05) is 11.9 Å². The van der Waals surface area contributed by atoms with E-state index in [1.165, 1.54) is 18.9 Å². The molecule has 0 radical (unpaired) electrons. The van der Waals surface area contributed by atoms with Gasteiger partial charge >= 0.3 is 5.69 Å². The molecule has 3 aromatic rings. The number of carbonyl (C=O) groups is 1. The molecule has 1 aliphatic carbocycles. The number of fused-ring (bicyclic) bond motifs is 1. The Balaban J connectivity index is 1.51. The van der Waals surface area contributed by atoms with Crippen LogP contribution in [0.1, 0.15) is 35.7 Å². The van der Waals surface area contributed by atoms with E-state index in [1.54, 1.807) is 19.1 Å². The number of hydrogen-bond acceptors (Lipinski definition) is 4. The number of nitrogens with one attached hydrogen (secondary N) is 2. The third-order valence-corrected chi connectivity index (χ3v) is 5.06. The number of carbonyl (C=O) groups excluding carboxylic acids is 1. The molecular weight excluding hydrogens is 370 g/mol. The van der Waals surface area contributed by atoms with Crippen molar-refractivity contribution < 1.29 is 9.53 Å². The summed E-state index contributed by atoms with van der Waals surface area (Å²) in [5, 5.41) is 3.23. The van der Waals surface area contributed by atoms with Gasteiger partial charge in [0.05, 0.1) is 17.5 Å². The maximum absolute atomic E-state index is 12.7. The molecule has 0 atom stereocenters. The molecule has 0 spiro atoms. The van der Waals surface area contributed by atoms with E-state index in [0.29, 0.717) is 34.7 Å². The fourth-order valence-electron chi connectivity index (χ4n) is 3.25. The first-order chi connectivity index (χ1) is 14.0. The van der Waals surface area contributed by atoms with Crippen LogP contribution in [0.2, 0.25) is 0 Å². The lowest BCUT2D eigenvalue weighted by atomic mass is 10.1. The molecule has 1 amide bonds. The zero-order valence-electron chi connectivity index (χ0n) is 16.2. The standard InChI is InChI=1S/C22H23N3O4/c1-2-25-21(27)18-9-8-16(11-19(18)24-22(25)28)20(26)23-17-5-3-4-15(10-17)13-29-12-14-6-7-14/h3-5,8-11,14H,2,6-7,12-13H2,1H3,(H,23,26)(H,24,28).